The molecule has 0 atom stereocenters. The van der Waals surface area contributed by atoms with Gasteiger partial charge < -0.3 is 5.32 Å². The number of nitro benzene ring substituents is 1. The van der Waals surface area contributed by atoms with Crippen LogP contribution in [0.15, 0.2) is 36.4 Å². The van der Waals surface area contributed by atoms with E-state index < -0.39 is 0 Å². The minimum atomic E-state index is -0.351. The molecule has 2 aromatic rings. The highest BCUT2D eigenvalue weighted by atomic mass is 16.6. The molecule has 0 radical (unpaired) electrons. The van der Waals surface area contributed by atoms with Crippen LogP contribution in [0.25, 0.3) is 0 Å². The number of anilines is 1. The van der Waals surface area contributed by atoms with Crippen molar-refractivity contribution in [3.8, 4) is 0 Å². The molecule has 2 aromatic carbocycles. The van der Waals surface area contributed by atoms with E-state index in [0.717, 1.165) is 5.69 Å². The Hall–Kier alpha value is -2.36. The second kappa shape index (κ2) is 5.74. The second-order valence-corrected chi connectivity index (χ2v) is 4.98. The lowest BCUT2D eigenvalue weighted by molar-refractivity contribution is -0.385. The molecule has 0 spiro atoms. The zero-order valence-electron chi connectivity index (χ0n) is 11.9. The van der Waals surface area contributed by atoms with Crippen LogP contribution >= 0.6 is 0 Å². The summed E-state index contributed by atoms with van der Waals surface area (Å²) in [6.07, 6.45) is 0. The fourth-order valence-corrected chi connectivity index (χ4v) is 2.12. The third-order valence-corrected chi connectivity index (χ3v) is 3.56. The van der Waals surface area contributed by atoms with E-state index in [0.29, 0.717) is 12.1 Å². The van der Waals surface area contributed by atoms with E-state index in [-0.39, 0.29) is 10.6 Å². The van der Waals surface area contributed by atoms with Crippen LogP contribution in [0.3, 0.4) is 0 Å². The Kier molecular flexibility index (Phi) is 4.03. The topological polar surface area (TPSA) is 55.2 Å². The first kappa shape index (κ1) is 14.1. The number of aryl methyl sites for hydroxylation is 2. The molecule has 0 saturated heterocycles. The summed E-state index contributed by atoms with van der Waals surface area (Å²) in [4.78, 5) is 10.6. The van der Waals surface area contributed by atoms with Gasteiger partial charge in [-0.2, -0.15) is 0 Å². The zero-order valence-corrected chi connectivity index (χ0v) is 11.9. The van der Waals surface area contributed by atoms with Gasteiger partial charge in [0.05, 0.1) is 4.92 Å². The Balaban J connectivity index is 2.17. The van der Waals surface area contributed by atoms with Crippen molar-refractivity contribution in [1.82, 2.24) is 0 Å². The van der Waals surface area contributed by atoms with E-state index in [1.807, 2.05) is 6.07 Å². The monoisotopic (exact) mass is 270 g/mol. The summed E-state index contributed by atoms with van der Waals surface area (Å²) in [6, 6.07) is 11.4. The number of nitrogens with one attached hydrogen (secondary N) is 1. The SMILES string of the molecule is Cc1ccc(CNc2cccc([N+](=O)[O-])c2C)cc1C. The Morgan fingerprint density at radius 3 is 2.50 bits per heavy atom. The quantitative estimate of drug-likeness (QED) is 0.671. The molecular weight excluding hydrogens is 252 g/mol. The van der Waals surface area contributed by atoms with Gasteiger partial charge in [-0.3, -0.25) is 10.1 Å². The lowest BCUT2D eigenvalue weighted by Gasteiger charge is -2.11. The van der Waals surface area contributed by atoms with Crippen molar-refractivity contribution >= 4 is 11.4 Å². The molecule has 0 aromatic heterocycles. The first-order valence-electron chi connectivity index (χ1n) is 6.53. The molecule has 0 amide bonds. The van der Waals surface area contributed by atoms with E-state index >= 15 is 0 Å². The maximum Gasteiger partial charge on any atom is 0.274 e. The maximum absolute atomic E-state index is 10.9. The summed E-state index contributed by atoms with van der Waals surface area (Å²) in [7, 11) is 0. The van der Waals surface area contributed by atoms with Crippen molar-refractivity contribution in [1.29, 1.82) is 0 Å². The maximum atomic E-state index is 10.9. The van der Waals surface area contributed by atoms with E-state index in [4.69, 9.17) is 0 Å². The molecule has 104 valence electrons. The van der Waals surface area contributed by atoms with Gasteiger partial charge in [0.1, 0.15) is 0 Å². The molecule has 0 heterocycles. The highest BCUT2D eigenvalue weighted by Crippen LogP contribution is 2.25. The fraction of sp³-hybridized carbons (Fsp3) is 0.250. The van der Waals surface area contributed by atoms with Crippen LogP contribution in [0.1, 0.15) is 22.3 Å². The molecule has 4 nitrogen and oxygen atoms in total. The van der Waals surface area contributed by atoms with Crippen molar-refractivity contribution in [2.24, 2.45) is 0 Å². The first-order chi connectivity index (χ1) is 9.49. The highest BCUT2D eigenvalue weighted by molar-refractivity contribution is 5.59. The number of nitro groups is 1. The largest absolute Gasteiger partial charge is 0.381 e. The number of hydrogen-bond donors (Lipinski definition) is 1. The van der Waals surface area contributed by atoms with Crippen molar-refractivity contribution in [3.05, 3.63) is 68.8 Å². The third kappa shape index (κ3) is 2.96. The Morgan fingerprint density at radius 2 is 1.85 bits per heavy atom. The van der Waals surface area contributed by atoms with Crippen molar-refractivity contribution in [3.63, 3.8) is 0 Å². The number of benzene rings is 2. The first-order valence-corrected chi connectivity index (χ1v) is 6.53. The van der Waals surface area contributed by atoms with Crippen LogP contribution in [0.2, 0.25) is 0 Å². The number of rotatable bonds is 4. The number of hydrogen-bond acceptors (Lipinski definition) is 3. The van der Waals surface area contributed by atoms with E-state index in [1.54, 1.807) is 13.0 Å². The van der Waals surface area contributed by atoms with Crippen molar-refractivity contribution in [2.45, 2.75) is 27.3 Å². The summed E-state index contributed by atoms with van der Waals surface area (Å²) in [5.74, 6) is 0. The van der Waals surface area contributed by atoms with Gasteiger partial charge in [0, 0.05) is 23.9 Å². The standard InChI is InChI=1S/C16H18N2O2/c1-11-7-8-14(9-12(11)2)10-17-15-5-4-6-16(13(15)3)18(19)20/h4-9,17H,10H2,1-3H3. The molecule has 0 fully saturated rings. The summed E-state index contributed by atoms with van der Waals surface area (Å²) in [6.45, 7) is 6.58. The molecule has 1 N–H and O–H groups in total. The summed E-state index contributed by atoms with van der Waals surface area (Å²) >= 11 is 0. The van der Waals surface area contributed by atoms with Gasteiger partial charge in [0.2, 0.25) is 0 Å². The Morgan fingerprint density at radius 1 is 1.10 bits per heavy atom. The van der Waals surface area contributed by atoms with Crippen LogP contribution in [0.4, 0.5) is 11.4 Å². The van der Waals surface area contributed by atoms with E-state index in [1.165, 1.54) is 22.8 Å². The van der Waals surface area contributed by atoms with Gasteiger partial charge in [-0.1, -0.05) is 24.3 Å². The van der Waals surface area contributed by atoms with E-state index in [9.17, 15) is 10.1 Å². The lowest BCUT2D eigenvalue weighted by Crippen LogP contribution is -2.03. The van der Waals surface area contributed by atoms with Gasteiger partial charge in [0.15, 0.2) is 0 Å². The Labute approximate surface area is 118 Å². The highest BCUT2D eigenvalue weighted by Gasteiger charge is 2.12. The van der Waals surface area contributed by atoms with Crippen LogP contribution in [0, 0.1) is 30.9 Å². The molecular formula is C16H18N2O2. The molecule has 0 saturated carbocycles. The summed E-state index contributed by atoms with van der Waals surface area (Å²) < 4.78 is 0. The van der Waals surface area contributed by atoms with Gasteiger partial charge in [-0.05, 0) is 43.5 Å². The van der Waals surface area contributed by atoms with Gasteiger partial charge in [0.25, 0.3) is 5.69 Å². The average molecular weight is 270 g/mol. The minimum absolute atomic E-state index is 0.148. The van der Waals surface area contributed by atoms with Crippen LogP contribution in [-0.2, 0) is 6.54 Å². The molecule has 0 aliphatic heterocycles. The van der Waals surface area contributed by atoms with Crippen LogP contribution < -0.4 is 5.32 Å². The normalized spacial score (nSPS) is 10.3. The van der Waals surface area contributed by atoms with Crippen molar-refractivity contribution < 1.29 is 4.92 Å². The summed E-state index contributed by atoms with van der Waals surface area (Å²) in [5.41, 5.74) is 5.30. The molecule has 4 heteroatoms. The molecule has 0 unspecified atom stereocenters. The van der Waals surface area contributed by atoms with Crippen LogP contribution in [-0.4, -0.2) is 4.92 Å². The lowest BCUT2D eigenvalue weighted by atomic mass is 10.1. The predicted molar refractivity (Wildman–Crippen MR) is 81.1 cm³/mol. The zero-order chi connectivity index (χ0) is 14.7. The predicted octanol–water partition coefficient (Wildman–Crippen LogP) is 4.13. The second-order valence-electron chi connectivity index (χ2n) is 4.98. The van der Waals surface area contributed by atoms with Gasteiger partial charge in [-0.15, -0.1) is 0 Å². The average Bonchev–Trinajstić information content (AvgIpc) is 2.41. The molecule has 0 bridgehead atoms. The van der Waals surface area contributed by atoms with Gasteiger partial charge >= 0.3 is 0 Å². The number of nitrogens with zero attached hydrogens (tertiary/aromatic N) is 1. The molecule has 0 aliphatic rings. The fourth-order valence-electron chi connectivity index (χ4n) is 2.12. The molecule has 0 aliphatic carbocycles. The van der Waals surface area contributed by atoms with Gasteiger partial charge in [-0.25, -0.2) is 0 Å². The summed E-state index contributed by atoms with van der Waals surface area (Å²) in [5, 5.41) is 14.2. The third-order valence-electron chi connectivity index (χ3n) is 3.56. The molecule has 20 heavy (non-hydrogen) atoms. The molecule has 2 rings (SSSR count). The minimum Gasteiger partial charge on any atom is -0.381 e. The van der Waals surface area contributed by atoms with Crippen molar-refractivity contribution in [2.75, 3.05) is 5.32 Å². The van der Waals surface area contributed by atoms with Crippen LogP contribution in [0.5, 0.6) is 0 Å². The Bertz CT molecular complexity index is 651. The smallest absolute Gasteiger partial charge is 0.274 e. The van der Waals surface area contributed by atoms with E-state index in [2.05, 4.69) is 37.4 Å².